The number of anilines is 1. The standard InChI is InChI=1S/C23H25N3O4/c27-22(15-26-10-9-17-5-1-2-6-18(17)26)24-11-13-25(14-12-24)23(28)21-16-29-19-7-3-4-8-20(19)30-21/h1-8,21H,9-16H2. The highest BCUT2D eigenvalue weighted by molar-refractivity contribution is 5.84. The number of hydrogen-bond acceptors (Lipinski definition) is 5. The second-order valence-corrected chi connectivity index (χ2v) is 7.87. The maximum Gasteiger partial charge on any atom is 0.267 e. The topological polar surface area (TPSA) is 62.3 Å². The third kappa shape index (κ3) is 3.56. The number of hydrogen-bond donors (Lipinski definition) is 0. The number of carbonyl (C=O) groups is 2. The largest absolute Gasteiger partial charge is 0.485 e. The molecule has 3 heterocycles. The summed E-state index contributed by atoms with van der Waals surface area (Å²) < 4.78 is 11.5. The Morgan fingerprint density at radius 2 is 1.57 bits per heavy atom. The van der Waals surface area contributed by atoms with Gasteiger partial charge in [-0.25, -0.2) is 0 Å². The summed E-state index contributed by atoms with van der Waals surface area (Å²) in [5.41, 5.74) is 2.46. The van der Waals surface area contributed by atoms with Gasteiger partial charge in [-0.15, -0.1) is 0 Å². The molecule has 2 aromatic carbocycles. The highest BCUT2D eigenvalue weighted by Gasteiger charge is 2.34. The number of para-hydroxylation sites is 3. The molecule has 156 valence electrons. The van der Waals surface area contributed by atoms with Crippen molar-refractivity contribution in [1.82, 2.24) is 9.80 Å². The Morgan fingerprint density at radius 3 is 2.40 bits per heavy atom. The average molecular weight is 407 g/mol. The van der Waals surface area contributed by atoms with Crippen LogP contribution in [0.3, 0.4) is 0 Å². The van der Waals surface area contributed by atoms with E-state index in [-0.39, 0.29) is 18.4 Å². The molecule has 0 saturated carbocycles. The predicted molar refractivity (Wildman–Crippen MR) is 112 cm³/mol. The molecule has 0 aliphatic carbocycles. The van der Waals surface area contributed by atoms with Crippen LogP contribution in [-0.4, -0.2) is 73.6 Å². The molecule has 1 saturated heterocycles. The number of benzene rings is 2. The van der Waals surface area contributed by atoms with E-state index in [4.69, 9.17) is 9.47 Å². The molecule has 7 heteroatoms. The van der Waals surface area contributed by atoms with Gasteiger partial charge in [0.1, 0.15) is 6.61 Å². The quantitative estimate of drug-likeness (QED) is 0.773. The molecule has 3 aliphatic heterocycles. The van der Waals surface area contributed by atoms with E-state index in [9.17, 15) is 9.59 Å². The summed E-state index contributed by atoms with van der Waals surface area (Å²) in [6.45, 7) is 3.61. The third-order valence-corrected chi connectivity index (χ3v) is 6.04. The Morgan fingerprint density at radius 1 is 0.867 bits per heavy atom. The maximum absolute atomic E-state index is 12.9. The fourth-order valence-corrected chi connectivity index (χ4v) is 4.36. The monoisotopic (exact) mass is 407 g/mol. The Hall–Kier alpha value is -3.22. The van der Waals surface area contributed by atoms with Crippen molar-refractivity contribution in [3.05, 3.63) is 54.1 Å². The first-order valence-electron chi connectivity index (χ1n) is 10.5. The van der Waals surface area contributed by atoms with Gasteiger partial charge in [-0.2, -0.15) is 0 Å². The van der Waals surface area contributed by atoms with E-state index in [2.05, 4.69) is 17.0 Å². The molecule has 1 fully saturated rings. The summed E-state index contributed by atoms with van der Waals surface area (Å²) in [6, 6.07) is 15.6. The SMILES string of the molecule is O=C(CN1CCc2ccccc21)N1CCN(C(=O)C2COc3ccccc3O2)CC1. The molecule has 0 aromatic heterocycles. The van der Waals surface area contributed by atoms with E-state index in [0.29, 0.717) is 44.2 Å². The van der Waals surface area contributed by atoms with Gasteiger partial charge in [-0.05, 0) is 30.2 Å². The number of carbonyl (C=O) groups excluding carboxylic acids is 2. The number of ether oxygens (including phenoxy) is 2. The molecule has 1 unspecified atom stereocenters. The Balaban J connectivity index is 1.14. The average Bonchev–Trinajstić information content (AvgIpc) is 3.21. The van der Waals surface area contributed by atoms with Crippen LogP contribution in [0.25, 0.3) is 0 Å². The minimum atomic E-state index is -0.636. The molecule has 7 nitrogen and oxygen atoms in total. The Kier molecular flexibility index (Phi) is 4.94. The van der Waals surface area contributed by atoms with Gasteiger partial charge < -0.3 is 24.2 Å². The van der Waals surface area contributed by atoms with Gasteiger partial charge in [-0.3, -0.25) is 9.59 Å². The molecule has 2 aromatic rings. The van der Waals surface area contributed by atoms with Crippen molar-refractivity contribution in [2.75, 3.05) is 50.8 Å². The molecule has 3 aliphatic rings. The van der Waals surface area contributed by atoms with Crippen LogP contribution in [0.15, 0.2) is 48.5 Å². The number of fused-ring (bicyclic) bond motifs is 2. The van der Waals surface area contributed by atoms with Crippen molar-refractivity contribution in [3.63, 3.8) is 0 Å². The van der Waals surface area contributed by atoms with Gasteiger partial charge in [0, 0.05) is 38.4 Å². The summed E-state index contributed by atoms with van der Waals surface area (Å²) in [5, 5.41) is 0. The smallest absolute Gasteiger partial charge is 0.267 e. The zero-order chi connectivity index (χ0) is 20.5. The van der Waals surface area contributed by atoms with Crippen LogP contribution in [0.2, 0.25) is 0 Å². The third-order valence-electron chi connectivity index (χ3n) is 6.04. The molecule has 0 spiro atoms. The second-order valence-electron chi connectivity index (χ2n) is 7.87. The molecule has 2 amide bonds. The van der Waals surface area contributed by atoms with Gasteiger partial charge in [0.05, 0.1) is 6.54 Å². The first-order chi connectivity index (χ1) is 14.7. The lowest BCUT2D eigenvalue weighted by molar-refractivity contribution is -0.145. The van der Waals surface area contributed by atoms with Crippen molar-refractivity contribution in [1.29, 1.82) is 0 Å². The number of nitrogens with zero attached hydrogens (tertiary/aromatic N) is 3. The Bertz CT molecular complexity index is 955. The van der Waals surface area contributed by atoms with E-state index in [1.54, 1.807) is 4.90 Å². The van der Waals surface area contributed by atoms with Crippen molar-refractivity contribution in [2.24, 2.45) is 0 Å². The minimum Gasteiger partial charge on any atom is -0.485 e. The highest BCUT2D eigenvalue weighted by atomic mass is 16.6. The van der Waals surface area contributed by atoms with Crippen LogP contribution in [0.5, 0.6) is 11.5 Å². The van der Waals surface area contributed by atoms with E-state index in [0.717, 1.165) is 18.7 Å². The first kappa shape index (κ1) is 18.8. The van der Waals surface area contributed by atoms with Gasteiger partial charge in [0.2, 0.25) is 12.0 Å². The zero-order valence-corrected chi connectivity index (χ0v) is 16.8. The van der Waals surface area contributed by atoms with E-state index < -0.39 is 6.10 Å². The second kappa shape index (κ2) is 7.89. The molecular weight excluding hydrogens is 382 g/mol. The van der Waals surface area contributed by atoms with Crippen LogP contribution in [0.4, 0.5) is 5.69 Å². The van der Waals surface area contributed by atoms with E-state index in [1.807, 2.05) is 41.3 Å². The van der Waals surface area contributed by atoms with Gasteiger partial charge in [0.15, 0.2) is 11.5 Å². The van der Waals surface area contributed by atoms with E-state index >= 15 is 0 Å². The maximum atomic E-state index is 12.9. The lowest BCUT2D eigenvalue weighted by Gasteiger charge is -2.37. The summed E-state index contributed by atoms with van der Waals surface area (Å²) in [5.74, 6) is 1.30. The number of piperazine rings is 1. The highest BCUT2D eigenvalue weighted by Crippen LogP contribution is 2.31. The number of amides is 2. The van der Waals surface area contributed by atoms with Crippen molar-refractivity contribution in [3.8, 4) is 11.5 Å². The first-order valence-corrected chi connectivity index (χ1v) is 10.5. The molecule has 0 N–H and O–H groups in total. The summed E-state index contributed by atoms with van der Waals surface area (Å²) >= 11 is 0. The summed E-state index contributed by atoms with van der Waals surface area (Å²) in [7, 11) is 0. The van der Waals surface area contributed by atoms with Crippen LogP contribution in [0, 0.1) is 0 Å². The molecule has 30 heavy (non-hydrogen) atoms. The Labute approximate surface area is 175 Å². The number of rotatable bonds is 3. The lowest BCUT2D eigenvalue weighted by Crippen LogP contribution is -2.56. The normalized spacial score (nSPS) is 20.1. The van der Waals surface area contributed by atoms with Crippen molar-refractivity contribution >= 4 is 17.5 Å². The van der Waals surface area contributed by atoms with Gasteiger partial charge in [0.25, 0.3) is 5.91 Å². The molecule has 5 rings (SSSR count). The predicted octanol–water partition coefficient (Wildman–Crippen LogP) is 1.56. The molecule has 0 radical (unpaired) electrons. The zero-order valence-electron chi connectivity index (χ0n) is 16.8. The van der Waals surface area contributed by atoms with Gasteiger partial charge in [-0.1, -0.05) is 30.3 Å². The van der Waals surface area contributed by atoms with Crippen LogP contribution < -0.4 is 14.4 Å². The molecular formula is C23H25N3O4. The van der Waals surface area contributed by atoms with Crippen LogP contribution in [0.1, 0.15) is 5.56 Å². The minimum absolute atomic E-state index is 0.0786. The summed E-state index contributed by atoms with van der Waals surface area (Å²) in [6.07, 6.45) is 0.349. The fraction of sp³-hybridized carbons (Fsp3) is 0.391. The fourth-order valence-electron chi connectivity index (χ4n) is 4.36. The van der Waals surface area contributed by atoms with E-state index in [1.165, 1.54) is 5.56 Å². The van der Waals surface area contributed by atoms with Gasteiger partial charge >= 0.3 is 0 Å². The van der Waals surface area contributed by atoms with Crippen LogP contribution >= 0.6 is 0 Å². The summed E-state index contributed by atoms with van der Waals surface area (Å²) in [4.78, 5) is 31.5. The van der Waals surface area contributed by atoms with Crippen LogP contribution in [-0.2, 0) is 16.0 Å². The van der Waals surface area contributed by atoms with Crippen molar-refractivity contribution in [2.45, 2.75) is 12.5 Å². The molecule has 0 bridgehead atoms. The molecule has 1 atom stereocenters. The van der Waals surface area contributed by atoms with Crippen molar-refractivity contribution < 1.29 is 19.1 Å². The lowest BCUT2D eigenvalue weighted by atomic mass is 10.2.